The third-order valence-corrected chi connectivity index (χ3v) is 4.92. The summed E-state index contributed by atoms with van der Waals surface area (Å²) in [6, 6.07) is 9.08. The number of thiazole rings is 1. The number of primary amides is 1. The summed E-state index contributed by atoms with van der Waals surface area (Å²) in [5.41, 5.74) is 9.18. The van der Waals surface area contributed by atoms with Gasteiger partial charge >= 0.3 is 0 Å². The maximum absolute atomic E-state index is 11.3. The summed E-state index contributed by atoms with van der Waals surface area (Å²) < 4.78 is 8.35. The van der Waals surface area contributed by atoms with Crippen LogP contribution in [0.3, 0.4) is 0 Å². The van der Waals surface area contributed by atoms with Crippen molar-refractivity contribution in [3.63, 3.8) is 0 Å². The maximum atomic E-state index is 11.3. The minimum atomic E-state index is -0.498. The van der Waals surface area contributed by atoms with Crippen LogP contribution in [0.4, 0.5) is 10.8 Å². The van der Waals surface area contributed by atoms with Crippen LogP contribution in [0.1, 0.15) is 10.4 Å². The normalized spacial score (nSPS) is 11.1. The molecule has 7 nitrogen and oxygen atoms in total. The number of nitrogens with one attached hydrogen (secondary N) is 1. The molecule has 4 rings (SSSR count). The number of nitrogens with zero attached hydrogens (tertiary/aromatic N) is 3. The minimum Gasteiger partial charge on any atom is -0.495 e. The van der Waals surface area contributed by atoms with Gasteiger partial charge in [0.05, 0.1) is 29.3 Å². The quantitative estimate of drug-likeness (QED) is 0.588. The number of hydrogen-bond acceptors (Lipinski definition) is 6. The zero-order valence-electron chi connectivity index (χ0n) is 13.6. The number of nitrogens with two attached hydrogens (primary N) is 1. The number of aromatic nitrogens is 3. The van der Waals surface area contributed by atoms with Gasteiger partial charge in [0.2, 0.25) is 5.91 Å². The molecule has 0 saturated carbocycles. The third-order valence-electron chi connectivity index (χ3n) is 3.98. The van der Waals surface area contributed by atoms with E-state index in [1.165, 1.54) is 11.3 Å². The number of imidazole rings is 1. The number of rotatable bonds is 4. The fraction of sp³-hybridized carbons (Fsp3) is 0.118. The number of carbonyl (C=O) groups is 1. The van der Waals surface area contributed by atoms with Gasteiger partial charge in [-0.2, -0.15) is 0 Å². The molecule has 0 unspecified atom stereocenters. The van der Waals surface area contributed by atoms with Gasteiger partial charge < -0.3 is 20.4 Å². The molecule has 3 N–H and O–H groups in total. The molecule has 2 aromatic heterocycles. The van der Waals surface area contributed by atoms with Crippen LogP contribution >= 0.6 is 11.3 Å². The molecule has 0 radical (unpaired) electrons. The van der Waals surface area contributed by atoms with Crippen molar-refractivity contribution >= 4 is 49.3 Å². The zero-order valence-corrected chi connectivity index (χ0v) is 14.4. The summed E-state index contributed by atoms with van der Waals surface area (Å²) >= 11 is 1.53. The van der Waals surface area contributed by atoms with E-state index in [1.807, 2.05) is 23.7 Å². The Kier molecular flexibility index (Phi) is 3.54. The number of benzene rings is 2. The molecule has 0 aliphatic rings. The molecular formula is C17H15N5O2S. The number of carbonyl (C=O) groups excluding carboxylic acids is 1. The van der Waals surface area contributed by atoms with E-state index in [9.17, 15) is 4.79 Å². The molecule has 0 fully saturated rings. The van der Waals surface area contributed by atoms with Crippen molar-refractivity contribution < 1.29 is 9.53 Å². The zero-order chi connectivity index (χ0) is 17.6. The van der Waals surface area contributed by atoms with Crippen LogP contribution in [0, 0.1) is 0 Å². The molecule has 8 heteroatoms. The lowest BCUT2D eigenvalue weighted by atomic mass is 10.2. The molecule has 0 atom stereocenters. The van der Waals surface area contributed by atoms with Crippen molar-refractivity contribution in [1.82, 2.24) is 14.5 Å². The van der Waals surface area contributed by atoms with E-state index < -0.39 is 5.91 Å². The molecule has 0 aliphatic heterocycles. The van der Waals surface area contributed by atoms with Crippen molar-refractivity contribution in [2.75, 3.05) is 12.4 Å². The first-order valence-electron chi connectivity index (χ1n) is 7.52. The lowest BCUT2D eigenvalue weighted by molar-refractivity contribution is 0.1000. The summed E-state index contributed by atoms with van der Waals surface area (Å²) in [5.74, 6) is 0.0286. The van der Waals surface area contributed by atoms with E-state index in [0.717, 1.165) is 26.4 Å². The maximum Gasteiger partial charge on any atom is 0.248 e. The summed E-state index contributed by atoms with van der Waals surface area (Å²) in [7, 11) is 3.50. The van der Waals surface area contributed by atoms with Gasteiger partial charge in [-0.3, -0.25) is 4.79 Å². The second-order valence-corrected chi connectivity index (χ2v) is 6.59. The number of fused-ring (bicyclic) bond motifs is 3. The number of aryl methyl sites for hydroxylation is 1. The highest BCUT2D eigenvalue weighted by atomic mass is 32.1. The second-order valence-electron chi connectivity index (χ2n) is 5.56. The highest BCUT2D eigenvalue weighted by Gasteiger charge is 2.13. The number of ether oxygens (including phenoxy) is 1. The molecule has 2 aromatic carbocycles. The highest BCUT2D eigenvalue weighted by molar-refractivity contribution is 7.22. The largest absolute Gasteiger partial charge is 0.495 e. The minimum absolute atomic E-state index is 0.391. The van der Waals surface area contributed by atoms with Crippen molar-refractivity contribution in [2.24, 2.45) is 12.8 Å². The fourth-order valence-corrected chi connectivity index (χ4v) is 3.59. The fourth-order valence-electron chi connectivity index (χ4n) is 2.70. The van der Waals surface area contributed by atoms with Crippen LogP contribution in [-0.2, 0) is 7.05 Å². The number of methoxy groups -OCH3 is 1. The van der Waals surface area contributed by atoms with Crippen LogP contribution in [0.2, 0.25) is 0 Å². The first-order valence-corrected chi connectivity index (χ1v) is 8.34. The van der Waals surface area contributed by atoms with Crippen molar-refractivity contribution in [3.8, 4) is 5.75 Å². The lowest BCUT2D eigenvalue weighted by Gasteiger charge is -2.09. The van der Waals surface area contributed by atoms with E-state index in [0.29, 0.717) is 17.0 Å². The number of amides is 1. The van der Waals surface area contributed by atoms with Gasteiger partial charge in [-0.15, -0.1) is 0 Å². The van der Waals surface area contributed by atoms with Gasteiger partial charge in [0.15, 0.2) is 5.13 Å². The molecule has 2 heterocycles. The summed E-state index contributed by atoms with van der Waals surface area (Å²) in [6.45, 7) is 0. The predicted octanol–water partition coefficient (Wildman–Crippen LogP) is 3.03. The molecule has 0 aliphatic carbocycles. The van der Waals surface area contributed by atoms with E-state index in [-0.39, 0.29) is 0 Å². The van der Waals surface area contributed by atoms with Crippen LogP contribution < -0.4 is 15.8 Å². The molecular weight excluding hydrogens is 338 g/mol. The Morgan fingerprint density at radius 3 is 2.88 bits per heavy atom. The average molecular weight is 353 g/mol. The van der Waals surface area contributed by atoms with Gasteiger partial charge in [-0.25, -0.2) is 9.97 Å². The van der Waals surface area contributed by atoms with E-state index in [1.54, 1.807) is 31.6 Å². The summed E-state index contributed by atoms with van der Waals surface area (Å²) in [6.07, 6.45) is 1.78. The van der Waals surface area contributed by atoms with Gasteiger partial charge in [0, 0.05) is 12.6 Å². The van der Waals surface area contributed by atoms with Crippen molar-refractivity contribution in [3.05, 3.63) is 42.2 Å². The molecule has 0 spiro atoms. The van der Waals surface area contributed by atoms with Gasteiger partial charge in [-0.1, -0.05) is 11.3 Å². The topological polar surface area (TPSA) is 95.1 Å². The van der Waals surface area contributed by atoms with E-state index in [4.69, 9.17) is 10.5 Å². The number of hydrogen-bond donors (Lipinski definition) is 2. The van der Waals surface area contributed by atoms with Crippen molar-refractivity contribution in [1.29, 1.82) is 0 Å². The van der Waals surface area contributed by atoms with E-state index in [2.05, 4.69) is 15.3 Å². The lowest BCUT2D eigenvalue weighted by Crippen LogP contribution is -2.11. The van der Waals surface area contributed by atoms with Gasteiger partial charge in [0.1, 0.15) is 16.8 Å². The Morgan fingerprint density at radius 2 is 2.12 bits per heavy atom. The molecule has 4 aromatic rings. The molecule has 0 bridgehead atoms. The smallest absolute Gasteiger partial charge is 0.248 e. The molecule has 25 heavy (non-hydrogen) atoms. The van der Waals surface area contributed by atoms with E-state index >= 15 is 0 Å². The Bertz CT molecular complexity index is 1120. The van der Waals surface area contributed by atoms with Crippen LogP contribution in [0.25, 0.3) is 21.3 Å². The Hall–Kier alpha value is -3.13. The summed E-state index contributed by atoms with van der Waals surface area (Å²) in [5, 5.41) is 3.97. The van der Waals surface area contributed by atoms with Crippen LogP contribution in [0.5, 0.6) is 5.75 Å². The first kappa shape index (κ1) is 15.4. The third kappa shape index (κ3) is 2.56. The first-order chi connectivity index (χ1) is 12.1. The standard InChI is InChI=1S/C17H15N5O2S/c1-22-8-19-14-11(22)5-6-13-15(14)21-17(25-13)20-10-4-3-9(16(18)23)7-12(10)24-2/h3-8H,1-2H3,(H2,18,23)(H,20,21). The summed E-state index contributed by atoms with van der Waals surface area (Å²) in [4.78, 5) is 20.4. The average Bonchev–Trinajstić information content (AvgIpc) is 3.18. The Labute approximate surface area is 147 Å². The predicted molar refractivity (Wildman–Crippen MR) is 98.7 cm³/mol. The van der Waals surface area contributed by atoms with Crippen LogP contribution in [-0.4, -0.2) is 27.6 Å². The second kappa shape index (κ2) is 5.75. The molecule has 1 amide bonds. The Morgan fingerprint density at radius 1 is 1.28 bits per heavy atom. The molecule has 126 valence electrons. The van der Waals surface area contributed by atoms with Gasteiger partial charge in [0.25, 0.3) is 0 Å². The van der Waals surface area contributed by atoms with Gasteiger partial charge in [-0.05, 0) is 30.3 Å². The van der Waals surface area contributed by atoms with Crippen molar-refractivity contribution in [2.45, 2.75) is 0 Å². The SMILES string of the molecule is COc1cc(C(N)=O)ccc1Nc1nc2c(ccc3c2ncn3C)s1. The molecule has 0 saturated heterocycles. The Balaban J connectivity index is 1.76. The van der Waals surface area contributed by atoms with Crippen LogP contribution in [0.15, 0.2) is 36.7 Å². The monoisotopic (exact) mass is 353 g/mol. The number of anilines is 2. The highest BCUT2D eigenvalue weighted by Crippen LogP contribution is 2.35.